The zero-order chi connectivity index (χ0) is 21.6. The fraction of sp³-hybridized carbons (Fsp3) is 0.318. The number of rotatable bonds is 7. The fourth-order valence-electron chi connectivity index (χ4n) is 3.64. The van der Waals surface area contributed by atoms with Gasteiger partial charge in [-0.15, -0.1) is 0 Å². The van der Waals surface area contributed by atoms with Crippen molar-refractivity contribution < 1.29 is 14.0 Å². The number of hydrogen-bond donors (Lipinski definition) is 2. The van der Waals surface area contributed by atoms with Gasteiger partial charge < -0.3 is 14.3 Å². The van der Waals surface area contributed by atoms with Crippen LogP contribution in [0, 0.1) is 6.92 Å². The lowest BCUT2D eigenvalue weighted by molar-refractivity contribution is 0.0920. The van der Waals surface area contributed by atoms with Gasteiger partial charge in [-0.3, -0.25) is 14.6 Å². The lowest BCUT2D eigenvalue weighted by Crippen LogP contribution is -2.25. The van der Waals surface area contributed by atoms with Gasteiger partial charge in [-0.2, -0.15) is 5.10 Å². The largest absolute Gasteiger partial charge is 0.455 e. The van der Waals surface area contributed by atoms with Crippen molar-refractivity contribution in [2.75, 3.05) is 6.54 Å². The van der Waals surface area contributed by atoms with Crippen molar-refractivity contribution in [3.8, 4) is 0 Å². The highest BCUT2D eigenvalue weighted by Crippen LogP contribution is 2.29. The first kappa shape index (κ1) is 20.5. The number of nitrogens with one attached hydrogen (secondary N) is 2. The summed E-state index contributed by atoms with van der Waals surface area (Å²) in [4.78, 5) is 32.9. The highest BCUT2D eigenvalue weighted by molar-refractivity contribution is 6.07. The van der Waals surface area contributed by atoms with Gasteiger partial charge in [-0.05, 0) is 38.3 Å². The number of pyridine rings is 1. The average molecular weight is 420 g/mol. The third kappa shape index (κ3) is 4.71. The van der Waals surface area contributed by atoms with Crippen molar-refractivity contribution in [3.63, 3.8) is 0 Å². The van der Waals surface area contributed by atoms with E-state index in [4.69, 9.17) is 4.42 Å². The predicted octanol–water partition coefficient (Wildman–Crippen LogP) is 2.47. The molecule has 3 aromatic rings. The minimum atomic E-state index is -0.329. The van der Waals surface area contributed by atoms with Gasteiger partial charge in [0.2, 0.25) is 0 Å². The van der Waals surface area contributed by atoms with Crippen LogP contribution in [-0.2, 0) is 13.0 Å². The Morgan fingerprint density at radius 2 is 2.13 bits per heavy atom. The van der Waals surface area contributed by atoms with Crippen molar-refractivity contribution in [2.45, 2.75) is 39.2 Å². The minimum absolute atomic E-state index is 0.240. The quantitative estimate of drug-likeness (QED) is 0.450. The van der Waals surface area contributed by atoms with Crippen LogP contribution in [0.25, 0.3) is 0 Å². The van der Waals surface area contributed by atoms with Crippen LogP contribution < -0.4 is 10.7 Å². The van der Waals surface area contributed by atoms with Crippen LogP contribution in [0.4, 0.5) is 0 Å². The van der Waals surface area contributed by atoms with Crippen LogP contribution >= 0.6 is 0 Å². The number of imidazole rings is 1. The number of amides is 2. The van der Waals surface area contributed by atoms with Gasteiger partial charge in [-0.25, -0.2) is 10.4 Å². The number of hydrogen-bond acceptors (Lipinski definition) is 6. The van der Waals surface area contributed by atoms with Gasteiger partial charge in [0, 0.05) is 55.4 Å². The average Bonchev–Trinajstić information content (AvgIpc) is 3.44. The Kier molecular flexibility index (Phi) is 6.21. The molecule has 2 N–H and O–H groups in total. The molecule has 0 saturated heterocycles. The summed E-state index contributed by atoms with van der Waals surface area (Å²) in [7, 11) is 0. The first-order valence-electron chi connectivity index (χ1n) is 10.3. The molecule has 2 amide bonds. The number of furan rings is 1. The van der Waals surface area contributed by atoms with E-state index >= 15 is 0 Å². The molecule has 0 bridgehead atoms. The molecule has 0 atom stereocenters. The van der Waals surface area contributed by atoms with Crippen LogP contribution in [0.15, 0.2) is 52.8 Å². The molecule has 0 radical (unpaired) electrons. The van der Waals surface area contributed by atoms with Crippen LogP contribution in [0.5, 0.6) is 0 Å². The SMILES string of the molecule is Cc1c(C(=O)NCCCn2ccnc2)oc2c1/C(=N/NC(=O)c1cccnc1)CCC2. The third-order valence-corrected chi connectivity index (χ3v) is 5.19. The zero-order valence-corrected chi connectivity index (χ0v) is 17.3. The number of carbonyl (C=O) groups is 2. The molecule has 0 saturated carbocycles. The van der Waals surface area contributed by atoms with Crippen molar-refractivity contribution in [1.29, 1.82) is 0 Å². The number of nitrogens with zero attached hydrogens (tertiary/aromatic N) is 4. The van der Waals surface area contributed by atoms with Crippen LogP contribution in [0.1, 0.15) is 57.1 Å². The summed E-state index contributed by atoms with van der Waals surface area (Å²) < 4.78 is 7.86. The number of aromatic nitrogens is 3. The molecule has 160 valence electrons. The van der Waals surface area contributed by atoms with Gasteiger partial charge in [0.25, 0.3) is 11.8 Å². The third-order valence-electron chi connectivity index (χ3n) is 5.19. The van der Waals surface area contributed by atoms with Crippen LogP contribution in [-0.4, -0.2) is 38.6 Å². The molecule has 4 rings (SSSR count). The highest BCUT2D eigenvalue weighted by atomic mass is 16.4. The molecule has 0 aromatic carbocycles. The van der Waals surface area contributed by atoms with Gasteiger partial charge in [0.05, 0.1) is 17.6 Å². The van der Waals surface area contributed by atoms with Gasteiger partial charge in [0.1, 0.15) is 5.76 Å². The normalized spacial score (nSPS) is 14.3. The summed E-state index contributed by atoms with van der Waals surface area (Å²) in [6.45, 7) is 3.16. The molecular weight excluding hydrogens is 396 g/mol. The Hall–Kier alpha value is -3.75. The summed E-state index contributed by atoms with van der Waals surface area (Å²) in [5.41, 5.74) is 5.31. The van der Waals surface area contributed by atoms with Gasteiger partial charge in [-0.1, -0.05) is 0 Å². The predicted molar refractivity (Wildman–Crippen MR) is 114 cm³/mol. The van der Waals surface area contributed by atoms with E-state index in [-0.39, 0.29) is 11.8 Å². The molecule has 3 aromatic heterocycles. The Labute approximate surface area is 179 Å². The molecule has 1 aliphatic rings. The van der Waals surface area contributed by atoms with Gasteiger partial charge >= 0.3 is 0 Å². The second-order valence-corrected chi connectivity index (χ2v) is 7.36. The number of aryl methyl sites for hydroxylation is 2. The maximum atomic E-state index is 12.7. The second kappa shape index (κ2) is 9.38. The van der Waals surface area contributed by atoms with E-state index in [1.807, 2.05) is 17.7 Å². The highest BCUT2D eigenvalue weighted by Gasteiger charge is 2.28. The monoisotopic (exact) mass is 420 g/mol. The van der Waals surface area contributed by atoms with E-state index in [0.29, 0.717) is 24.3 Å². The topological polar surface area (TPSA) is 114 Å². The first-order valence-corrected chi connectivity index (χ1v) is 10.3. The minimum Gasteiger partial charge on any atom is -0.455 e. The molecule has 3 heterocycles. The summed E-state index contributed by atoms with van der Waals surface area (Å²) in [5.74, 6) is 0.475. The molecular formula is C22H24N6O3. The lowest BCUT2D eigenvalue weighted by atomic mass is 9.93. The maximum Gasteiger partial charge on any atom is 0.287 e. The second-order valence-electron chi connectivity index (χ2n) is 7.36. The van der Waals surface area contributed by atoms with Crippen molar-refractivity contribution in [3.05, 3.63) is 71.5 Å². The molecule has 1 aliphatic carbocycles. The van der Waals surface area contributed by atoms with Crippen LogP contribution in [0.2, 0.25) is 0 Å². The molecule has 9 heteroatoms. The van der Waals surface area contributed by atoms with E-state index in [1.54, 1.807) is 30.9 Å². The van der Waals surface area contributed by atoms with E-state index < -0.39 is 0 Å². The molecule has 31 heavy (non-hydrogen) atoms. The molecule has 0 spiro atoms. The van der Waals surface area contributed by atoms with Crippen molar-refractivity contribution in [1.82, 2.24) is 25.3 Å². The van der Waals surface area contributed by atoms with E-state index in [1.165, 1.54) is 6.20 Å². The zero-order valence-electron chi connectivity index (χ0n) is 17.3. The Morgan fingerprint density at radius 3 is 2.90 bits per heavy atom. The van der Waals surface area contributed by atoms with Gasteiger partial charge in [0.15, 0.2) is 5.76 Å². The molecule has 0 unspecified atom stereocenters. The standard InChI is InChI=1S/C22H24N6O3/c1-15-19-17(26-27-21(29)16-5-3-8-23-13-16)6-2-7-18(19)31-20(15)22(30)25-9-4-11-28-12-10-24-14-28/h3,5,8,10,12-14H,2,4,6-7,9,11H2,1H3,(H,25,30)(H,27,29)/b26-17+. The molecule has 9 nitrogen and oxygen atoms in total. The summed E-state index contributed by atoms with van der Waals surface area (Å²) in [6, 6.07) is 3.37. The van der Waals surface area contributed by atoms with E-state index in [9.17, 15) is 9.59 Å². The smallest absolute Gasteiger partial charge is 0.287 e. The van der Waals surface area contributed by atoms with E-state index in [2.05, 4.69) is 25.8 Å². The molecule has 0 aliphatic heterocycles. The van der Waals surface area contributed by atoms with Crippen molar-refractivity contribution in [2.24, 2.45) is 5.10 Å². The Balaban J connectivity index is 1.42. The summed E-state index contributed by atoms with van der Waals surface area (Å²) in [6.07, 6.45) is 11.5. The number of hydrazone groups is 1. The number of fused-ring (bicyclic) bond motifs is 1. The summed E-state index contributed by atoms with van der Waals surface area (Å²) in [5, 5.41) is 7.24. The van der Waals surface area contributed by atoms with Crippen LogP contribution in [0.3, 0.4) is 0 Å². The lowest BCUT2D eigenvalue weighted by Gasteiger charge is -2.13. The fourth-order valence-corrected chi connectivity index (χ4v) is 3.64. The first-order chi connectivity index (χ1) is 15.1. The van der Waals surface area contributed by atoms with Crippen molar-refractivity contribution >= 4 is 17.5 Å². The molecule has 0 fully saturated rings. The Morgan fingerprint density at radius 1 is 1.23 bits per heavy atom. The Bertz CT molecular complexity index is 1090. The van der Waals surface area contributed by atoms with E-state index in [0.717, 1.165) is 48.4 Å². The summed E-state index contributed by atoms with van der Waals surface area (Å²) >= 11 is 0. The number of carbonyl (C=O) groups excluding carboxylic acids is 2. The maximum absolute atomic E-state index is 12.7.